The van der Waals surface area contributed by atoms with E-state index in [0.29, 0.717) is 0 Å². The topological polar surface area (TPSA) is 68.1 Å². The first-order chi connectivity index (χ1) is 8.11. The first-order valence-electron chi connectivity index (χ1n) is 5.25. The molecule has 0 saturated heterocycles. The summed E-state index contributed by atoms with van der Waals surface area (Å²) in [5, 5.41) is 1.03. The van der Waals surface area contributed by atoms with Gasteiger partial charge in [0.1, 0.15) is 5.70 Å². The number of benzene rings is 1. The Morgan fingerprint density at radius 3 is 2.94 bits per heavy atom. The summed E-state index contributed by atoms with van der Waals surface area (Å²) in [6.07, 6.45) is 3.43. The quantitative estimate of drug-likeness (QED) is 0.612. The van der Waals surface area contributed by atoms with E-state index in [-0.39, 0.29) is 5.70 Å². The number of carbonyl (C=O) groups excluding carboxylic acids is 1. The molecule has 0 aliphatic carbocycles. The van der Waals surface area contributed by atoms with E-state index in [4.69, 9.17) is 5.73 Å². The van der Waals surface area contributed by atoms with E-state index in [1.54, 1.807) is 6.08 Å². The second kappa shape index (κ2) is 4.33. The highest BCUT2D eigenvalue weighted by Crippen LogP contribution is 2.21. The third-order valence-corrected chi connectivity index (χ3v) is 2.60. The molecule has 4 heteroatoms. The number of hydrogen-bond donors (Lipinski definition) is 2. The summed E-state index contributed by atoms with van der Waals surface area (Å²) in [6, 6.07) is 6.06. The minimum absolute atomic E-state index is 0.0916. The third-order valence-electron chi connectivity index (χ3n) is 2.60. The fraction of sp³-hybridized carbons (Fsp3) is 0.154. The van der Waals surface area contributed by atoms with Gasteiger partial charge in [0.25, 0.3) is 0 Å². The molecule has 0 bridgehead atoms. The fourth-order valence-corrected chi connectivity index (χ4v) is 1.73. The van der Waals surface area contributed by atoms with Gasteiger partial charge in [-0.05, 0) is 24.6 Å². The summed E-state index contributed by atoms with van der Waals surface area (Å²) in [6.45, 7) is 2.03. The summed E-state index contributed by atoms with van der Waals surface area (Å²) in [4.78, 5) is 14.3. The van der Waals surface area contributed by atoms with Gasteiger partial charge in [-0.2, -0.15) is 0 Å². The molecule has 3 N–H and O–H groups in total. The number of ether oxygens (including phenoxy) is 1. The molecule has 0 aliphatic heterocycles. The molecule has 1 aromatic heterocycles. The van der Waals surface area contributed by atoms with Crippen LogP contribution < -0.4 is 5.73 Å². The maximum absolute atomic E-state index is 11.2. The molecule has 0 amide bonds. The summed E-state index contributed by atoms with van der Waals surface area (Å²) in [5.41, 5.74) is 8.78. The molecular formula is C13H14N2O2. The number of hydrogen-bond acceptors (Lipinski definition) is 3. The zero-order chi connectivity index (χ0) is 12.4. The molecule has 0 spiro atoms. The Morgan fingerprint density at radius 1 is 1.47 bits per heavy atom. The number of aromatic nitrogens is 1. The second-order valence-electron chi connectivity index (χ2n) is 3.88. The summed E-state index contributed by atoms with van der Waals surface area (Å²) in [7, 11) is 1.31. The Kier molecular flexibility index (Phi) is 2.87. The van der Waals surface area contributed by atoms with Gasteiger partial charge in [0.2, 0.25) is 0 Å². The molecule has 17 heavy (non-hydrogen) atoms. The van der Waals surface area contributed by atoms with Gasteiger partial charge in [-0.25, -0.2) is 4.79 Å². The fourth-order valence-electron chi connectivity index (χ4n) is 1.73. The van der Waals surface area contributed by atoms with Crippen molar-refractivity contribution in [2.45, 2.75) is 6.92 Å². The zero-order valence-corrected chi connectivity index (χ0v) is 9.78. The molecule has 2 aromatic rings. The van der Waals surface area contributed by atoms with Gasteiger partial charge < -0.3 is 15.5 Å². The zero-order valence-electron chi connectivity index (χ0n) is 9.78. The molecule has 88 valence electrons. The first kappa shape index (κ1) is 11.3. The normalized spacial score (nSPS) is 11.8. The molecule has 1 heterocycles. The van der Waals surface area contributed by atoms with Crippen molar-refractivity contribution in [1.82, 2.24) is 4.98 Å². The Labute approximate surface area is 99.1 Å². The highest BCUT2D eigenvalue weighted by atomic mass is 16.5. The monoisotopic (exact) mass is 230 g/mol. The lowest BCUT2D eigenvalue weighted by Gasteiger charge is -1.98. The average molecular weight is 230 g/mol. The number of rotatable bonds is 2. The predicted octanol–water partition coefficient (Wildman–Crippen LogP) is 1.95. The second-order valence-corrected chi connectivity index (χ2v) is 3.88. The third kappa shape index (κ3) is 2.15. The predicted molar refractivity (Wildman–Crippen MR) is 67.2 cm³/mol. The van der Waals surface area contributed by atoms with Gasteiger partial charge in [-0.3, -0.25) is 0 Å². The molecule has 0 unspecified atom stereocenters. The standard InChI is InChI=1S/C13H14N2O2/c1-8-3-4-10-9(7-15-12(10)5-8)6-11(14)13(16)17-2/h3-7,15H,14H2,1-2H3. The van der Waals surface area contributed by atoms with Crippen LogP contribution in [0.2, 0.25) is 0 Å². The van der Waals surface area contributed by atoms with E-state index in [9.17, 15) is 4.79 Å². The van der Waals surface area contributed by atoms with Crippen LogP contribution in [0.4, 0.5) is 0 Å². The molecule has 4 nitrogen and oxygen atoms in total. The lowest BCUT2D eigenvalue weighted by molar-refractivity contribution is -0.136. The largest absolute Gasteiger partial charge is 0.464 e. The molecule has 0 aliphatic rings. The van der Waals surface area contributed by atoms with E-state index in [2.05, 4.69) is 9.72 Å². The van der Waals surface area contributed by atoms with Crippen LogP contribution in [0.5, 0.6) is 0 Å². The van der Waals surface area contributed by atoms with E-state index < -0.39 is 5.97 Å². The highest BCUT2D eigenvalue weighted by Gasteiger charge is 2.07. The van der Waals surface area contributed by atoms with Gasteiger partial charge in [-0.15, -0.1) is 0 Å². The van der Waals surface area contributed by atoms with Crippen molar-refractivity contribution in [1.29, 1.82) is 0 Å². The van der Waals surface area contributed by atoms with E-state index >= 15 is 0 Å². The van der Waals surface area contributed by atoms with Crippen molar-refractivity contribution >= 4 is 22.9 Å². The van der Waals surface area contributed by atoms with Crippen LogP contribution in [0, 0.1) is 6.92 Å². The van der Waals surface area contributed by atoms with Crippen LogP contribution in [0.15, 0.2) is 30.1 Å². The van der Waals surface area contributed by atoms with Crippen LogP contribution in [0.3, 0.4) is 0 Å². The lowest BCUT2D eigenvalue weighted by Crippen LogP contribution is -2.12. The number of carbonyl (C=O) groups is 1. The van der Waals surface area contributed by atoms with Crippen LogP contribution in [-0.4, -0.2) is 18.1 Å². The van der Waals surface area contributed by atoms with Crippen molar-refractivity contribution in [2.75, 3.05) is 7.11 Å². The van der Waals surface area contributed by atoms with Gasteiger partial charge in [0.05, 0.1) is 7.11 Å². The number of fused-ring (bicyclic) bond motifs is 1. The van der Waals surface area contributed by atoms with Crippen molar-refractivity contribution < 1.29 is 9.53 Å². The van der Waals surface area contributed by atoms with Gasteiger partial charge in [-0.1, -0.05) is 12.1 Å². The Hall–Kier alpha value is -2.23. The van der Waals surface area contributed by atoms with E-state index in [0.717, 1.165) is 16.5 Å². The molecule has 2 rings (SSSR count). The number of aryl methyl sites for hydroxylation is 1. The lowest BCUT2D eigenvalue weighted by atomic mass is 10.1. The molecular weight excluding hydrogens is 216 g/mol. The van der Waals surface area contributed by atoms with E-state index in [1.165, 1.54) is 12.7 Å². The van der Waals surface area contributed by atoms with Crippen molar-refractivity contribution in [3.05, 3.63) is 41.2 Å². The van der Waals surface area contributed by atoms with Crippen LogP contribution >= 0.6 is 0 Å². The summed E-state index contributed by atoms with van der Waals surface area (Å²) in [5.74, 6) is -0.522. The molecule has 0 fully saturated rings. The number of nitrogens with one attached hydrogen (secondary N) is 1. The van der Waals surface area contributed by atoms with Gasteiger partial charge in [0.15, 0.2) is 0 Å². The van der Waals surface area contributed by atoms with Gasteiger partial charge >= 0.3 is 5.97 Å². The minimum atomic E-state index is -0.522. The maximum Gasteiger partial charge on any atom is 0.353 e. The van der Waals surface area contributed by atoms with Crippen LogP contribution in [0.25, 0.3) is 17.0 Å². The molecule has 0 radical (unpaired) electrons. The molecule has 0 atom stereocenters. The Balaban J connectivity index is 2.47. The first-order valence-corrected chi connectivity index (χ1v) is 5.25. The van der Waals surface area contributed by atoms with Crippen LogP contribution in [0.1, 0.15) is 11.1 Å². The van der Waals surface area contributed by atoms with Crippen LogP contribution in [-0.2, 0) is 9.53 Å². The average Bonchev–Trinajstić information content (AvgIpc) is 2.70. The number of nitrogens with two attached hydrogens (primary N) is 1. The Bertz CT molecular complexity index is 596. The Morgan fingerprint density at radius 2 is 2.24 bits per heavy atom. The SMILES string of the molecule is COC(=O)C(N)=Cc1c[nH]c2cc(C)ccc12. The molecule has 0 saturated carbocycles. The summed E-state index contributed by atoms with van der Waals surface area (Å²) < 4.78 is 4.55. The van der Waals surface area contributed by atoms with E-state index in [1.807, 2.05) is 31.3 Å². The highest BCUT2D eigenvalue weighted by molar-refractivity contribution is 5.97. The van der Waals surface area contributed by atoms with Gasteiger partial charge in [0, 0.05) is 22.7 Å². The number of aromatic amines is 1. The van der Waals surface area contributed by atoms with Crippen molar-refractivity contribution in [3.8, 4) is 0 Å². The number of H-pyrrole nitrogens is 1. The van der Waals surface area contributed by atoms with Crippen molar-refractivity contribution in [3.63, 3.8) is 0 Å². The van der Waals surface area contributed by atoms with Crippen molar-refractivity contribution in [2.24, 2.45) is 5.73 Å². The number of methoxy groups -OCH3 is 1. The molecule has 1 aromatic carbocycles. The number of esters is 1. The maximum atomic E-state index is 11.2. The smallest absolute Gasteiger partial charge is 0.353 e. The summed E-state index contributed by atoms with van der Waals surface area (Å²) >= 11 is 0. The minimum Gasteiger partial charge on any atom is -0.464 e.